The van der Waals surface area contributed by atoms with E-state index in [0.717, 1.165) is 23.9 Å². The van der Waals surface area contributed by atoms with Crippen molar-refractivity contribution in [1.29, 1.82) is 0 Å². The predicted molar refractivity (Wildman–Crippen MR) is 80.9 cm³/mol. The lowest BCUT2D eigenvalue weighted by atomic mass is 10.1. The predicted octanol–water partition coefficient (Wildman–Crippen LogP) is 5.63. The first-order valence-corrected chi connectivity index (χ1v) is 7.42. The number of halogens is 2. The zero-order valence-electron chi connectivity index (χ0n) is 11.2. The SMILES string of the molecule is CCCCCC(C)n1c(=S)[nH]c2cc(Cl)c(F)cc21. The van der Waals surface area contributed by atoms with Crippen molar-refractivity contribution in [2.24, 2.45) is 0 Å². The highest BCUT2D eigenvalue weighted by Gasteiger charge is 2.13. The van der Waals surface area contributed by atoms with Crippen molar-refractivity contribution in [3.63, 3.8) is 0 Å². The van der Waals surface area contributed by atoms with Gasteiger partial charge in [-0.3, -0.25) is 0 Å². The number of hydrogen-bond acceptors (Lipinski definition) is 1. The molecular formula is C14H18ClFN2S. The number of fused-ring (bicyclic) bond motifs is 1. The molecule has 0 saturated heterocycles. The van der Waals surface area contributed by atoms with E-state index < -0.39 is 5.82 Å². The van der Waals surface area contributed by atoms with E-state index in [1.165, 1.54) is 18.9 Å². The quantitative estimate of drug-likeness (QED) is 0.560. The molecule has 0 amide bonds. The van der Waals surface area contributed by atoms with Gasteiger partial charge in [-0.2, -0.15) is 0 Å². The highest BCUT2D eigenvalue weighted by atomic mass is 35.5. The van der Waals surface area contributed by atoms with E-state index in [4.69, 9.17) is 23.8 Å². The summed E-state index contributed by atoms with van der Waals surface area (Å²) in [4.78, 5) is 3.09. The zero-order valence-corrected chi connectivity index (χ0v) is 12.7. The van der Waals surface area contributed by atoms with Crippen LogP contribution in [0.4, 0.5) is 4.39 Å². The van der Waals surface area contributed by atoms with Crippen molar-refractivity contribution in [3.05, 3.63) is 27.7 Å². The first-order valence-electron chi connectivity index (χ1n) is 6.63. The molecule has 0 radical (unpaired) electrons. The van der Waals surface area contributed by atoms with E-state index in [1.807, 2.05) is 4.57 Å². The minimum absolute atomic E-state index is 0.120. The van der Waals surface area contributed by atoms with Crippen molar-refractivity contribution < 1.29 is 4.39 Å². The van der Waals surface area contributed by atoms with Gasteiger partial charge < -0.3 is 9.55 Å². The second-order valence-corrected chi connectivity index (χ2v) is 5.72. The van der Waals surface area contributed by atoms with E-state index in [2.05, 4.69) is 18.8 Å². The van der Waals surface area contributed by atoms with Gasteiger partial charge in [0.25, 0.3) is 0 Å². The number of nitrogens with zero attached hydrogens (tertiary/aromatic N) is 1. The molecule has 1 aromatic heterocycles. The summed E-state index contributed by atoms with van der Waals surface area (Å²) in [6, 6.07) is 3.31. The van der Waals surface area contributed by atoms with Crippen LogP contribution >= 0.6 is 23.8 Å². The largest absolute Gasteiger partial charge is 0.331 e. The fourth-order valence-corrected chi connectivity index (χ4v) is 2.93. The van der Waals surface area contributed by atoms with Crippen molar-refractivity contribution in [1.82, 2.24) is 9.55 Å². The van der Waals surface area contributed by atoms with Gasteiger partial charge in [-0.25, -0.2) is 4.39 Å². The van der Waals surface area contributed by atoms with Crippen LogP contribution in [-0.2, 0) is 0 Å². The lowest BCUT2D eigenvalue weighted by molar-refractivity contribution is 0.482. The van der Waals surface area contributed by atoms with Crippen LogP contribution in [0.1, 0.15) is 45.6 Å². The van der Waals surface area contributed by atoms with E-state index in [9.17, 15) is 4.39 Å². The third kappa shape index (κ3) is 3.00. The van der Waals surface area contributed by atoms with Crippen LogP contribution in [0.2, 0.25) is 5.02 Å². The number of H-pyrrole nitrogens is 1. The number of rotatable bonds is 5. The summed E-state index contributed by atoms with van der Waals surface area (Å²) in [5.74, 6) is -0.405. The van der Waals surface area contributed by atoms with E-state index in [0.29, 0.717) is 4.77 Å². The molecule has 0 aliphatic rings. The van der Waals surface area contributed by atoms with Crippen LogP contribution in [0.3, 0.4) is 0 Å². The highest BCUT2D eigenvalue weighted by molar-refractivity contribution is 7.71. The van der Waals surface area contributed by atoms with Gasteiger partial charge in [-0.05, 0) is 31.6 Å². The molecule has 0 aliphatic heterocycles. The first-order chi connectivity index (χ1) is 9.04. The van der Waals surface area contributed by atoms with Gasteiger partial charge in [0.15, 0.2) is 4.77 Å². The van der Waals surface area contributed by atoms with Crippen molar-refractivity contribution >= 4 is 34.9 Å². The Bertz CT molecular complexity index is 632. The summed E-state index contributed by atoms with van der Waals surface area (Å²) >= 11 is 11.1. The Balaban J connectivity index is 2.39. The van der Waals surface area contributed by atoms with E-state index >= 15 is 0 Å². The Hall–Kier alpha value is -0.870. The van der Waals surface area contributed by atoms with Crippen LogP contribution in [0.25, 0.3) is 11.0 Å². The maximum Gasteiger partial charge on any atom is 0.178 e. The Morgan fingerprint density at radius 1 is 1.42 bits per heavy atom. The van der Waals surface area contributed by atoms with Crippen LogP contribution in [-0.4, -0.2) is 9.55 Å². The smallest absolute Gasteiger partial charge is 0.178 e. The Labute approximate surface area is 122 Å². The molecule has 104 valence electrons. The van der Waals surface area contributed by atoms with Gasteiger partial charge in [-0.1, -0.05) is 37.8 Å². The van der Waals surface area contributed by atoms with E-state index in [1.54, 1.807) is 6.07 Å². The van der Waals surface area contributed by atoms with Crippen molar-refractivity contribution in [2.45, 2.75) is 45.6 Å². The maximum atomic E-state index is 13.6. The first kappa shape index (κ1) is 14.5. The fraction of sp³-hybridized carbons (Fsp3) is 0.500. The number of hydrogen-bond donors (Lipinski definition) is 1. The van der Waals surface area contributed by atoms with Crippen molar-refractivity contribution in [3.8, 4) is 0 Å². The summed E-state index contributed by atoms with van der Waals surface area (Å²) < 4.78 is 16.2. The summed E-state index contributed by atoms with van der Waals surface area (Å²) in [6.45, 7) is 4.30. The molecule has 1 aromatic carbocycles. The van der Waals surface area contributed by atoms with Gasteiger partial charge in [0.1, 0.15) is 5.82 Å². The molecule has 5 heteroatoms. The molecule has 1 heterocycles. The summed E-state index contributed by atoms with van der Waals surface area (Å²) in [5, 5.41) is 0.120. The summed E-state index contributed by atoms with van der Waals surface area (Å²) in [7, 11) is 0. The maximum absolute atomic E-state index is 13.6. The minimum atomic E-state index is -0.405. The molecule has 0 fully saturated rings. The Morgan fingerprint density at radius 2 is 2.16 bits per heavy atom. The molecule has 1 atom stereocenters. The van der Waals surface area contributed by atoms with Crippen LogP contribution in [0.5, 0.6) is 0 Å². The summed E-state index contributed by atoms with van der Waals surface area (Å²) in [5.41, 5.74) is 1.58. The fourth-order valence-electron chi connectivity index (χ4n) is 2.38. The lowest BCUT2D eigenvalue weighted by Gasteiger charge is -2.14. The molecule has 1 N–H and O–H groups in total. The van der Waals surface area contributed by atoms with Gasteiger partial charge in [0.05, 0.1) is 16.1 Å². The molecular weight excluding hydrogens is 283 g/mol. The molecule has 2 rings (SSSR count). The summed E-state index contributed by atoms with van der Waals surface area (Å²) in [6.07, 6.45) is 4.60. The third-order valence-corrected chi connectivity index (χ3v) is 4.01. The molecule has 1 unspecified atom stereocenters. The molecule has 0 saturated carbocycles. The molecule has 2 aromatic rings. The second-order valence-electron chi connectivity index (χ2n) is 4.93. The standard InChI is InChI=1S/C14H18ClFN2S/c1-3-4-5-6-9(2)18-13-8-11(16)10(15)7-12(13)17-14(18)19/h7-9H,3-6H2,1-2H3,(H,17,19). The topological polar surface area (TPSA) is 20.7 Å². The number of nitrogens with one attached hydrogen (secondary N) is 1. The normalized spacial score (nSPS) is 13.1. The number of unbranched alkanes of at least 4 members (excludes halogenated alkanes) is 2. The molecule has 2 nitrogen and oxygen atoms in total. The van der Waals surface area contributed by atoms with Gasteiger partial charge in [0.2, 0.25) is 0 Å². The minimum Gasteiger partial charge on any atom is -0.331 e. The average Bonchev–Trinajstić information content (AvgIpc) is 2.65. The van der Waals surface area contributed by atoms with Crippen LogP contribution in [0.15, 0.2) is 12.1 Å². The second kappa shape index (κ2) is 6.06. The number of benzene rings is 1. The average molecular weight is 301 g/mol. The van der Waals surface area contributed by atoms with Gasteiger partial charge in [-0.15, -0.1) is 0 Å². The number of imidazole rings is 1. The van der Waals surface area contributed by atoms with Crippen LogP contribution < -0.4 is 0 Å². The van der Waals surface area contributed by atoms with Crippen molar-refractivity contribution in [2.75, 3.05) is 0 Å². The monoisotopic (exact) mass is 300 g/mol. The molecule has 0 aliphatic carbocycles. The molecule has 19 heavy (non-hydrogen) atoms. The Morgan fingerprint density at radius 3 is 2.84 bits per heavy atom. The van der Waals surface area contributed by atoms with Gasteiger partial charge >= 0.3 is 0 Å². The third-order valence-electron chi connectivity index (χ3n) is 3.42. The molecule has 0 bridgehead atoms. The van der Waals surface area contributed by atoms with Gasteiger partial charge in [0, 0.05) is 12.1 Å². The van der Waals surface area contributed by atoms with E-state index in [-0.39, 0.29) is 11.1 Å². The lowest BCUT2D eigenvalue weighted by Crippen LogP contribution is -2.05. The number of aromatic amines is 1. The Kier molecular flexibility index (Phi) is 4.63. The number of aromatic nitrogens is 2. The highest BCUT2D eigenvalue weighted by Crippen LogP contribution is 2.27. The zero-order chi connectivity index (χ0) is 14.0. The van der Waals surface area contributed by atoms with Crippen LogP contribution in [0, 0.1) is 10.6 Å². The molecule has 0 spiro atoms.